The van der Waals surface area contributed by atoms with Crippen molar-refractivity contribution < 1.29 is 19.0 Å². The number of phosphoric acid groups is 1. The van der Waals surface area contributed by atoms with E-state index in [9.17, 15) is 4.57 Å². The molecule has 0 aliphatic heterocycles. The SMILES string of the molecule is O=P(O)(O)On1ccnc1-c1ccccc1. The van der Waals surface area contributed by atoms with Gasteiger partial charge in [0.25, 0.3) is 0 Å². The van der Waals surface area contributed by atoms with Gasteiger partial charge in [-0.2, -0.15) is 4.73 Å². The summed E-state index contributed by atoms with van der Waals surface area (Å²) in [7, 11) is -4.58. The molecular formula is C9H9N2O4P. The summed E-state index contributed by atoms with van der Waals surface area (Å²) >= 11 is 0. The van der Waals surface area contributed by atoms with Gasteiger partial charge in [0.05, 0.1) is 6.20 Å². The number of benzene rings is 1. The van der Waals surface area contributed by atoms with E-state index in [-0.39, 0.29) is 0 Å². The molecule has 0 spiro atoms. The van der Waals surface area contributed by atoms with Crippen molar-refractivity contribution in [3.05, 3.63) is 42.7 Å². The van der Waals surface area contributed by atoms with Gasteiger partial charge in [0.15, 0.2) is 5.82 Å². The van der Waals surface area contributed by atoms with Crippen molar-refractivity contribution in [2.24, 2.45) is 0 Å². The molecule has 2 N–H and O–H groups in total. The van der Waals surface area contributed by atoms with Gasteiger partial charge in [-0.25, -0.2) is 9.55 Å². The molecule has 1 heterocycles. The van der Waals surface area contributed by atoms with Crippen LogP contribution in [-0.4, -0.2) is 19.5 Å². The largest absolute Gasteiger partial charge is 0.543 e. The lowest BCUT2D eigenvalue weighted by Gasteiger charge is -2.09. The number of aromatic nitrogens is 2. The lowest BCUT2D eigenvalue weighted by atomic mass is 10.2. The Labute approximate surface area is 91.3 Å². The van der Waals surface area contributed by atoms with Crippen LogP contribution >= 0.6 is 7.82 Å². The molecule has 1 aromatic carbocycles. The van der Waals surface area contributed by atoms with Crippen molar-refractivity contribution >= 4 is 7.82 Å². The highest BCUT2D eigenvalue weighted by Gasteiger charge is 2.18. The van der Waals surface area contributed by atoms with E-state index in [0.29, 0.717) is 11.4 Å². The summed E-state index contributed by atoms with van der Waals surface area (Å²) in [6.07, 6.45) is 2.74. The predicted molar refractivity (Wildman–Crippen MR) is 56.3 cm³/mol. The van der Waals surface area contributed by atoms with Crippen LogP contribution in [-0.2, 0) is 4.57 Å². The average molecular weight is 240 g/mol. The van der Waals surface area contributed by atoms with Crippen LogP contribution in [0.2, 0.25) is 0 Å². The Hall–Kier alpha value is -1.62. The Morgan fingerprint density at radius 2 is 1.94 bits per heavy atom. The van der Waals surface area contributed by atoms with Crippen LogP contribution in [0.3, 0.4) is 0 Å². The normalized spacial score (nSPS) is 11.4. The molecule has 0 aliphatic carbocycles. The highest BCUT2D eigenvalue weighted by Crippen LogP contribution is 2.32. The van der Waals surface area contributed by atoms with E-state index < -0.39 is 7.82 Å². The molecule has 1 aromatic heterocycles. The summed E-state index contributed by atoms with van der Waals surface area (Å²) in [4.78, 5) is 21.4. The number of hydrogen-bond acceptors (Lipinski definition) is 3. The number of imidazole rings is 1. The minimum Gasteiger partial charge on any atom is -0.310 e. The van der Waals surface area contributed by atoms with Gasteiger partial charge in [0.2, 0.25) is 0 Å². The van der Waals surface area contributed by atoms with Gasteiger partial charge in [-0.05, 0) is 0 Å². The summed E-state index contributed by atoms with van der Waals surface area (Å²) in [5, 5.41) is 0. The van der Waals surface area contributed by atoms with E-state index in [4.69, 9.17) is 9.79 Å². The van der Waals surface area contributed by atoms with Crippen LogP contribution in [0, 0.1) is 0 Å². The first-order chi connectivity index (χ1) is 7.56. The van der Waals surface area contributed by atoms with Crippen LogP contribution in [0.1, 0.15) is 0 Å². The molecule has 2 rings (SSSR count). The lowest BCUT2D eigenvalue weighted by molar-refractivity contribution is 0.180. The van der Waals surface area contributed by atoms with Crippen molar-refractivity contribution in [3.8, 4) is 11.4 Å². The van der Waals surface area contributed by atoms with Crippen molar-refractivity contribution in [2.75, 3.05) is 0 Å². The molecule has 6 nitrogen and oxygen atoms in total. The third-order valence-electron chi connectivity index (χ3n) is 1.83. The number of hydrogen-bond donors (Lipinski definition) is 2. The molecule has 0 fully saturated rings. The molecule has 0 unspecified atom stereocenters. The molecule has 2 aromatic rings. The van der Waals surface area contributed by atoms with Gasteiger partial charge in [0.1, 0.15) is 0 Å². The first-order valence-corrected chi connectivity index (χ1v) is 5.94. The lowest BCUT2D eigenvalue weighted by Crippen LogP contribution is -2.08. The minimum absolute atomic E-state index is 0.337. The quantitative estimate of drug-likeness (QED) is 0.784. The maximum Gasteiger partial charge on any atom is 0.543 e. The first kappa shape index (κ1) is 10.9. The van der Waals surface area contributed by atoms with Crippen LogP contribution < -0.4 is 4.62 Å². The Bertz CT molecular complexity index is 519. The Balaban J connectivity index is 2.37. The van der Waals surface area contributed by atoms with E-state index in [0.717, 1.165) is 4.73 Å². The average Bonchev–Trinajstić information content (AvgIpc) is 2.64. The van der Waals surface area contributed by atoms with Gasteiger partial charge in [0, 0.05) is 11.8 Å². The first-order valence-electron chi connectivity index (χ1n) is 4.41. The maximum atomic E-state index is 10.7. The molecule has 0 amide bonds. The van der Waals surface area contributed by atoms with Crippen LogP contribution in [0.25, 0.3) is 11.4 Å². The van der Waals surface area contributed by atoms with Crippen molar-refractivity contribution in [1.29, 1.82) is 0 Å². The molecule has 0 saturated heterocycles. The summed E-state index contributed by atoms with van der Waals surface area (Å²) < 4.78 is 16.1. The Morgan fingerprint density at radius 1 is 1.25 bits per heavy atom. The molecule has 0 bridgehead atoms. The molecule has 0 saturated carbocycles. The summed E-state index contributed by atoms with van der Waals surface area (Å²) in [5.74, 6) is 0.337. The third kappa shape index (κ3) is 2.49. The highest BCUT2D eigenvalue weighted by atomic mass is 31.2. The van der Waals surface area contributed by atoms with Gasteiger partial charge in [-0.15, -0.1) is 0 Å². The molecule has 0 atom stereocenters. The summed E-state index contributed by atoms with van der Waals surface area (Å²) in [6, 6.07) is 8.96. The standard InChI is InChI=1S/C9H9N2O4P/c12-16(13,14)15-11-7-6-10-9(11)8-4-2-1-3-5-8/h1-7H,(H2,12,13,14). The fraction of sp³-hybridized carbons (Fsp3) is 0. The van der Waals surface area contributed by atoms with Crippen LogP contribution in [0.15, 0.2) is 42.7 Å². The van der Waals surface area contributed by atoms with Gasteiger partial charge < -0.3 is 4.62 Å². The minimum atomic E-state index is -4.58. The Kier molecular flexibility index (Phi) is 2.78. The molecule has 0 aliphatic rings. The molecule has 16 heavy (non-hydrogen) atoms. The fourth-order valence-electron chi connectivity index (χ4n) is 1.26. The predicted octanol–water partition coefficient (Wildman–Crippen LogP) is 1.07. The van der Waals surface area contributed by atoms with Crippen LogP contribution in [0.5, 0.6) is 0 Å². The van der Waals surface area contributed by atoms with Crippen molar-refractivity contribution in [2.45, 2.75) is 0 Å². The monoisotopic (exact) mass is 240 g/mol. The second-order valence-electron chi connectivity index (χ2n) is 3.01. The van der Waals surface area contributed by atoms with E-state index in [2.05, 4.69) is 9.61 Å². The zero-order valence-corrected chi connectivity index (χ0v) is 8.99. The summed E-state index contributed by atoms with van der Waals surface area (Å²) in [6.45, 7) is 0. The highest BCUT2D eigenvalue weighted by molar-refractivity contribution is 7.46. The maximum absolute atomic E-state index is 10.7. The van der Waals surface area contributed by atoms with Gasteiger partial charge in [-0.1, -0.05) is 30.3 Å². The summed E-state index contributed by atoms with van der Waals surface area (Å²) in [5.41, 5.74) is 0.709. The fourth-order valence-corrected chi connectivity index (χ4v) is 1.62. The number of nitrogens with zero attached hydrogens (tertiary/aromatic N) is 2. The van der Waals surface area contributed by atoms with Gasteiger partial charge >= 0.3 is 7.82 Å². The molecular weight excluding hydrogens is 231 g/mol. The van der Waals surface area contributed by atoms with E-state index in [1.54, 1.807) is 24.3 Å². The second kappa shape index (κ2) is 4.09. The third-order valence-corrected chi connectivity index (χ3v) is 2.22. The topological polar surface area (TPSA) is 84.6 Å². The molecule has 0 radical (unpaired) electrons. The van der Waals surface area contributed by atoms with E-state index >= 15 is 0 Å². The Morgan fingerprint density at radius 3 is 2.56 bits per heavy atom. The van der Waals surface area contributed by atoms with Crippen molar-refractivity contribution in [1.82, 2.24) is 9.71 Å². The van der Waals surface area contributed by atoms with Crippen LogP contribution in [0.4, 0.5) is 0 Å². The smallest absolute Gasteiger partial charge is 0.310 e. The zero-order valence-electron chi connectivity index (χ0n) is 8.09. The van der Waals surface area contributed by atoms with E-state index in [1.807, 2.05) is 6.07 Å². The van der Waals surface area contributed by atoms with E-state index in [1.165, 1.54) is 12.4 Å². The molecule has 7 heteroatoms. The second-order valence-corrected chi connectivity index (χ2v) is 4.16. The number of rotatable bonds is 3. The zero-order chi connectivity index (χ0) is 11.6. The van der Waals surface area contributed by atoms with Crippen molar-refractivity contribution in [3.63, 3.8) is 0 Å². The molecule has 84 valence electrons. The van der Waals surface area contributed by atoms with Gasteiger partial charge in [-0.3, -0.25) is 9.79 Å².